The lowest BCUT2D eigenvalue weighted by atomic mass is 9.71. The Morgan fingerprint density at radius 3 is 2.34 bits per heavy atom. The number of hydrazine groups is 1. The van der Waals surface area contributed by atoms with Gasteiger partial charge in [0.15, 0.2) is 17.5 Å². The maximum atomic E-state index is 13.8. The minimum Gasteiger partial charge on any atom is -0.399 e. The average molecular weight is 538 g/mol. The molecule has 0 saturated heterocycles. The summed E-state index contributed by atoms with van der Waals surface area (Å²) in [6, 6.07) is 1.11. The van der Waals surface area contributed by atoms with Crippen LogP contribution in [0.4, 0.5) is 27.6 Å². The topological polar surface area (TPSA) is 144 Å². The molecular formula is C24H23F5N6O3. The van der Waals surface area contributed by atoms with Gasteiger partial charge >= 0.3 is 0 Å². The first-order chi connectivity index (χ1) is 17.8. The molecule has 2 fully saturated rings. The quantitative estimate of drug-likeness (QED) is 0.0914. The standard InChI is InChI=1S/C24H23F5N6O3/c1-9-17(20(36)22(38)34-23(16(30)6-32-31)7-24(28,29)8-23)15-3-10-2-14(10)35(15)19(9)21(37)33-11-4-12(25)18(27)13(26)5-11/h4-6,10,14,32H,2-3,7-8,30-31H2,1H3,(H,33,37)(H,34,38)/b16-6-. The molecule has 2 unspecified atom stereocenters. The van der Waals surface area contributed by atoms with Crippen LogP contribution >= 0.6 is 0 Å². The zero-order valence-corrected chi connectivity index (χ0v) is 19.9. The number of amides is 2. The van der Waals surface area contributed by atoms with Crippen LogP contribution in [0, 0.1) is 30.3 Å². The molecule has 7 N–H and O–H groups in total. The van der Waals surface area contributed by atoms with Gasteiger partial charge in [0.2, 0.25) is 0 Å². The highest BCUT2D eigenvalue weighted by Crippen LogP contribution is 2.54. The normalized spacial score (nSPS) is 22.1. The lowest BCUT2D eigenvalue weighted by molar-refractivity contribution is -0.137. The van der Waals surface area contributed by atoms with Crippen LogP contribution in [0.15, 0.2) is 24.0 Å². The van der Waals surface area contributed by atoms with Crippen LogP contribution in [0.25, 0.3) is 0 Å². The van der Waals surface area contributed by atoms with E-state index in [2.05, 4.69) is 16.1 Å². The number of nitrogens with two attached hydrogens (primary N) is 2. The van der Waals surface area contributed by atoms with E-state index in [0.29, 0.717) is 24.2 Å². The van der Waals surface area contributed by atoms with Crippen LogP contribution in [0.5, 0.6) is 0 Å². The second kappa shape index (κ2) is 8.55. The molecule has 2 amide bonds. The molecule has 1 aromatic carbocycles. The number of Topliss-reactive ketones (excluding diaryl/α,β-unsaturated/α-hetero) is 1. The van der Waals surface area contributed by atoms with E-state index in [4.69, 9.17) is 11.6 Å². The van der Waals surface area contributed by atoms with Gasteiger partial charge in [0.1, 0.15) is 5.69 Å². The fourth-order valence-electron chi connectivity index (χ4n) is 5.56. The van der Waals surface area contributed by atoms with Crippen molar-refractivity contribution in [3.63, 3.8) is 0 Å². The zero-order valence-electron chi connectivity index (χ0n) is 19.9. The van der Waals surface area contributed by atoms with E-state index in [-0.39, 0.29) is 40.2 Å². The Morgan fingerprint density at radius 2 is 1.76 bits per heavy atom. The summed E-state index contributed by atoms with van der Waals surface area (Å²) in [5.74, 6) is -5.54. The number of halogens is 5. The summed E-state index contributed by atoms with van der Waals surface area (Å²) in [4.78, 5) is 39.5. The number of fused-ring (bicyclic) bond motifs is 3. The van der Waals surface area contributed by atoms with E-state index in [9.17, 15) is 36.3 Å². The van der Waals surface area contributed by atoms with Crippen molar-refractivity contribution >= 4 is 23.3 Å². The number of hydrogen-bond acceptors (Lipinski definition) is 6. The van der Waals surface area contributed by atoms with Gasteiger partial charge in [-0.3, -0.25) is 20.2 Å². The second-order valence-corrected chi connectivity index (χ2v) is 9.98. The third-order valence-corrected chi connectivity index (χ3v) is 7.38. The molecule has 2 aliphatic carbocycles. The summed E-state index contributed by atoms with van der Waals surface area (Å²) in [6.07, 6.45) is 0.497. The molecule has 0 radical (unpaired) electrons. The number of alkyl halides is 2. The molecule has 2 heterocycles. The zero-order chi connectivity index (χ0) is 27.7. The van der Waals surface area contributed by atoms with Crippen molar-refractivity contribution in [3.8, 4) is 0 Å². The van der Waals surface area contributed by atoms with Crippen LogP contribution in [-0.4, -0.2) is 33.6 Å². The Balaban J connectivity index is 1.46. The number of nitrogens with one attached hydrogen (secondary N) is 3. The molecule has 202 valence electrons. The van der Waals surface area contributed by atoms with Crippen LogP contribution < -0.4 is 27.6 Å². The van der Waals surface area contributed by atoms with Crippen molar-refractivity contribution in [2.24, 2.45) is 17.5 Å². The molecule has 2 atom stereocenters. The van der Waals surface area contributed by atoms with Crippen LogP contribution in [0.3, 0.4) is 0 Å². The molecule has 2 aromatic rings. The summed E-state index contributed by atoms with van der Waals surface area (Å²) in [6.45, 7) is 1.43. The SMILES string of the molecule is Cc1c(C(=O)C(=O)NC2(/C(N)=C/NN)CC(F)(F)C2)c2n(c1C(=O)Nc1cc(F)c(F)c(F)c1)C1CC1C2. The Hall–Kier alpha value is -3.94. The van der Waals surface area contributed by atoms with Gasteiger partial charge in [0.05, 0.1) is 16.8 Å². The van der Waals surface area contributed by atoms with Gasteiger partial charge in [0.25, 0.3) is 23.5 Å². The predicted octanol–water partition coefficient (Wildman–Crippen LogP) is 2.31. The number of carbonyl (C=O) groups is 3. The third kappa shape index (κ3) is 3.99. The number of anilines is 1. The van der Waals surface area contributed by atoms with Crippen molar-refractivity contribution in [1.82, 2.24) is 15.3 Å². The average Bonchev–Trinajstić information content (AvgIpc) is 3.39. The van der Waals surface area contributed by atoms with Crippen molar-refractivity contribution in [2.75, 3.05) is 5.32 Å². The molecule has 3 aliphatic rings. The van der Waals surface area contributed by atoms with E-state index >= 15 is 0 Å². The van der Waals surface area contributed by atoms with Gasteiger partial charge < -0.3 is 26.4 Å². The summed E-state index contributed by atoms with van der Waals surface area (Å²) in [5.41, 5.74) is 6.23. The van der Waals surface area contributed by atoms with Crippen molar-refractivity contribution in [1.29, 1.82) is 0 Å². The van der Waals surface area contributed by atoms with Crippen molar-refractivity contribution < 1.29 is 36.3 Å². The summed E-state index contributed by atoms with van der Waals surface area (Å²) in [5, 5.41) is 4.63. The molecule has 0 bridgehead atoms. The maximum absolute atomic E-state index is 13.8. The smallest absolute Gasteiger partial charge is 0.293 e. The molecule has 38 heavy (non-hydrogen) atoms. The third-order valence-electron chi connectivity index (χ3n) is 7.38. The Bertz CT molecular complexity index is 1400. The van der Waals surface area contributed by atoms with Crippen LogP contribution in [0.1, 0.15) is 57.4 Å². The second-order valence-electron chi connectivity index (χ2n) is 9.98. The lowest BCUT2D eigenvalue weighted by Gasteiger charge is -2.47. The number of rotatable bonds is 7. The van der Waals surface area contributed by atoms with E-state index < -0.39 is 59.4 Å². The molecule has 5 rings (SSSR count). The van der Waals surface area contributed by atoms with Gasteiger partial charge in [-0.25, -0.2) is 22.0 Å². The molecular weight excluding hydrogens is 515 g/mol. The van der Waals surface area contributed by atoms with Crippen molar-refractivity contribution in [3.05, 3.63) is 64.0 Å². The first kappa shape index (κ1) is 25.7. The van der Waals surface area contributed by atoms with Crippen LogP contribution in [0.2, 0.25) is 0 Å². The largest absolute Gasteiger partial charge is 0.399 e. The molecule has 2 saturated carbocycles. The molecule has 1 aliphatic heterocycles. The van der Waals surface area contributed by atoms with E-state index in [1.807, 2.05) is 0 Å². The Labute approximate surface area is 212 Å². The number of nitrogens with zero attached hydrogens (tertiary/aromatic N) is 1. The van der Waals surface area contributed by atoms with Crippen LogP contribution in [-0.2, 0) is 11.2 Å². The molecule has 0 spiro atoms. The van der Waals surface area contributed by atoms with Gasteiger partial charge in [-0.15, -0.1) is 0 Å². The number of benzene rings is 1. The Morgan fingerprint density at radius 1 is 1.13 bits per heavy atom. The number of carbonyl (C=O) groups excluding carboxylic acids is 3. The minimum atomic E-state index is -3.11. The predicted molar refractivity (Wildman–Crippen MR) is 123 cm³/mol. The molecule has 9 nitrogen and oxygen atoms in total. The molecule has 1 aromatic heterocycles. The fraction of sp³-hybridized carbons (Fsp3) is 0.375. The van der Waals surface area contributed by atoms with Gasteiger partial charge in [-0.2, -0.15) is 0 Å². The van der Waals surface area contributed by atoms with E-state index in [1.54, 1.807) is 4.57 Å². The maximum Gasteiger partial charge on any atom is 0.293 e. The number of ketones is 1. The van der Waals surface area contributed by atoms with E-state index in [0.717, 1.165) is 12.6 Å². The number of hydrogen-bond donors (Lipinski definition) is 5. The minimum absolute atomic E-state index is 0.00271. The fourth-order valence-corrected chi connectivity index (χ4v) is 5.56. The highest BCUT2D eigenvalue weighted by Gasteiger charge is 2.59. The van der Waals surface area contributed by atoms with Gasteiger partial charge in [0, 0.05) is 48.6 Å². The Kier molecular flexibility index (Phi) is 5.78. The van der Waals surface area contributed by atoms with Gasteiger partial charge in [-0.1, -0.05) is 0 Å². The van der Waals surface area contributed by atoms with Crippen molar-refractivity contribution in [2.45, 2.75) is 50.1 Å². The first-order valence-corrected chi connectivity index (χ1v) is 11.6. The lowest BCUT2D eigenvalue weighted by Crippen LogP contribution is -2.65. The summed E-state index contributed by atoms with van der Waals surface area (Å²) in [7, 11) is 0. The summed E-state index contributed by atoms with van der Waals surface area (Å²) < 4.78 is 69.7. The molecule has 14 heteroatoms. The highest BCUT2D eigenvalue weighted by atomic mass is 19.3. The highest BCUT2D eigenvalue weighted by molar-refractivity contribution is 6.44. The first-order valence-electron chi connectivity index (χ1n) is 11.6. The number of aromatic nitrogens is 1. The van der Waals surface area contributed by atoms with Gasteiger partial charge in [-0.05, 0) is 31.2 Å². The summed E-state index contributed by atoms with van der Waals surface area (Å²) >= 11 is 0. The monoisotopic (exact) mass is 538 g/mol. The van der Waals surface area contributed by atoms with E-state index in [1.165, 1.54) is 6.92 Å².